The predicted molar refractivity (Wildman–Crippen MR) is 40.3 cm³/mol. The van der Waals surface area contributed by atoms with E-state index < -0.39 is 6.09 Å². The van der Waals surface area contributed by atoms with Crippen molar-refractivity contribution in [3.8, 4) is 0 Å². The van der Waals surface area contributed by atoms with Crippen LogP contribution in [0.1, 0.15) is 13.8 Å². The third-order valence-electron chi connectivity index (χ3n) is 0.725. The largest absolute Gasteiger partial charge is 0.482 e. The third-order valence-corrected chi connectivity index (χ3v) is 0.725. The lowest BCUT2D eigenvalue weighted by Gasteiger charge is -1.97. The molecule has 5 heteroatoms. The van der Waals surface area contributed by atoms with Gasteiger partial charge in [0, 0.05) is 0 Å². The van der Waals surface area contributed by atoms with E-state index in [2.05, 4.69) is 15.3 Å². The zero-order valence-corrected chi connectivity index (χ0v) is 6.66. The highest BCUT2D eigenvalue weighted by atomic mass is 16.6. The van der Waals surface area contributed by atoms with Crippen molar-refractivity contribution in [3.05, 3.63) is 0 Å². The highest BCUT2D eigenvalue weighted by Crippen LogP contribution is 1.74. The Bertz CT molecular complexity index is 136. The molecule has 0 radical (unpaired) electrons. The van der Waals surface area contributed by atoms with E-state index in [-0.39, 0.29) is 0 Å². The number of ether oxygens (including phenoxy) is 2. The number of carbonyl (C=O) groups is 1. The summed E-state index contributed by atoms with van der Waals surface area (Å²) < 4.78 is 9.20. The highest BCUT2D eigenvalue weighted by molar-refractivity contribution is 5.67. The van der Waals surface area contributed by atoms with Gasteiger partial charge in [0.15, 0.2) is 6.40 Å². The molecule has 0 atom stereocenters. The van der Waals surface area contributed by atoms with Gasteiger partial charge in [-0.15, -0.1) is 5.10 Å². The fraction of sp³-hybridized carbons (Fsp3) is 0.667. The number of hydrazone groups is 1. The van der Waals surface area contributed by atoms with Crippen LogP contribution in [0.15, 0.2) is 5.10 Å². The normalized spacial score (nSPS) is 9.64. The monoisotopic (exact) mass is 160 g/mol. The van der Waals surface area contributed by atoms with Gasteiger partial charge >= 0.3 is 6.09 Å². The fourth-order valence-electron chi connectivity index (χ4n) is 0.354. The lowest BCUT2D eigenvalue weighted by Crippen LogP contribution is -2.18. The average Bonchev–Trinajstić information content (AvgIpc) is 1.99. The Hall–Kier alpha value is -1.26. The van der Waals surface area contributed by atoms with E-state index in [0.29, 0.717) is 13.2 Å². The third kappa shape index (κ3) is 6.63. The maximum Gasteiger partial charge on any atom is 0.427 e. The summed E-state index contributed by atoms with van der Waals surface area (Å²) in [5.41, 5.74) is 2.10. The van der Waals surface area contributed by atoms with Crippen LogP contribution in [0.3, 0.4) is 0 Å². The summed E-state index contributed by atoms with van der Waals surface area (Å²) in [7, 11) is 0. The van der Waals surface area contributed by atoms with Crippen molar-refractivity contribution < 1.29 is 14.3 Å². The lowest BCUT2D eigenvalue weighted by molar-refractivity contribution is 0.152. The predicted octanol–water partition coefficient (Wildman–Crippen LogP) is 0.712. The Morgan fingerprint density at radius 1 is 1.55 bits per heavy atom. The molecule has 0 unspecified atom stereocenters. The Morgan fingerprint density at radius 2 is 2.27 bits per heavy atom. The molecule has 5 nitrogen and oxygen atoms in total. The van der Waals surface area contributed by atoms with Crippen molar-refractivity contribution in [3.63, 3.8) is 0 Å². The molecule has 1 N–H and O–H groups in total. The topological polar surface area (TPSA) is 59.9 Å². The van der Waals surface area contributed by atoms with Gasteiger partial charge in [-0.25, -0.2) is 10.2 Å². The smallest absolute Gasteiger partial charge is 0.427 e. The van der Waals surface area contributed by atoms with Gasteiger partial charge in [-0.1, -0.05) is 0 Å². The van der Waals surface area contributed by atoms with E-state index in [0.717, 1.165) is 6.40 Å². The minimum Gasteiger partial charge on any atom is -0.482 e. The van der Waals surface area contributed by atoms with E-state index in [1.54, 1.807) is 6.92 Å². The molecule has 11 heavy (non-hydrogen) atoms. The van der Waals surface area contributed by atoms with E-state index in [9.17, 15) is 4.79 Å². The van der Waals surface area contributed by atoms with Crippen LogP contribution >= 0.6 is 0 Å². The van der Waals surface area contributed by atoms with Gasteiger partial charge in [0.25, 0.3) is 0 Å². The molecule has 0 spiro atoms. The number of hydrogen-bond donors (Lipinski definition) is 1. The molecule has 0 aromatic rings. The maximum absolute atomic E-state index is 10.5. The van der Waals surface area contributed by atoms with Gasteiger partial charge in [0.2, 0.25) is 0 Å². The van der Waals surface area contributed by atoms with Gasteiger partial charge in [-0.3, -0.25) is 0 Å². The molecule has 1 amide bonds. The summed E-state index contributed by atoms with van der Waals surface area (Å²) in [5, 5.41) is 3.41. The molecular formula is C6H12N2O3. The van der Waals surface area contributed by atoms with Crippen LogP contribution in [-0.4, -0.2) is 25.7 Å². The van der Waals surface area contributed by atoms with E-state index >= 15 is 0 Å². The number of nitrogens with zero attached hydrogens (tertiary/aromatic N) is 1. The molecule has 0 saturated heterocycles. The van der Waals surface area contributed by atoms with Crippen LogP contribution in [0.4, 0.5) is 4.79 Å². The van der Waals surface area contributed by atoms with Crippen LogP contribution < -0.4 is 5.43 Å². The molecule has 0 aliphatic carbocycles. The summed E-state index contributed by atoms with van der Waals surface area (Å²) in [6.07, 6.45) is 0.570. The van der Waals surface area contributed by atoms with Gasteiger partial charge in [-0.2, -0.15) is 0 Å². The van der Waals surface area contributed by atoms with Gasteiger partial charge in [-0.05, 0) is 13.8 Å². The zero-order chi connectivity index (χ0) is 8.53. The molecule has 0 aliphatic rings. The SMILES string of the molecule is CCO/C=N\NC(=O)OCC. The Kier molecular flexibility index (Phi) is 6.07. The molecule has 64 valence electrons. The summed E-state index contributed by atoms with van der Waals surface area (Å²) in [6, 6.07) is 0. The minimum atomic E-state index is -0.580. The molecule has 0 aromatic heterocycles. The van der Waals surface area contributed by atoms with Crippen molar-refractivity contribution in [2.24, 2.45) is 5.10 Å². The van der Waals surface area contributed by atoms with Crippen molar-refractivity contribution in [1.29, 1.82) is 0 Å². The van der Waals surface area contributed by atoms with Gasteiger partial charge < -0.3 is 9.47 Å². The second-order valence-electron chi connectivity index (χ2n) is 1.52. The van der Waals surface area contributed by atoms with Gasteiger partial charge in [0.1, 0.15) is 0 Å². The minimum absolute atomic E-state index is 0.329. The first kappa shape index (κ1) is 9.74. The molecule has 0 aliphatic heterocycles. The second kappa shape index (κ2) is 6.85. The molecule has 0 aromatic carbocycles. The molecule has 0 heterocycles. The summed E-state index contributed by atoms with van der Waals surface area (Å²) in [4.78, 5) is 10.5. The molecule has 0 rings (SSSR count). The fourth-order valence-corrected chi connectivity index (χ4v) is 0.354. The van der Waals surface area contributed by atoms with Crippen LogP contribution in [0, 0.1) is 0 Å². The van der Waals surface area contributed by atoms with E-state index in [1.807, 2.05) is 6.92 Å². The summed E-state index contributed by atoms with van der Waals surface area (Å²) >= 11 is 0. The average molecular weight is 160 g/mol. The first-order valence-corrected chi connectivity index (χ1v) is 3.37. The Morgan fingerprint density at radius 3 is 2.82 bits per heavy atom. The molecule has 0 fully saturated rings. The maximum atomic E-state index is 10.5. The lowest BCUT2D eigenvalue weighted by atomic mass is 10.9. The first-order chi connectivity index (χ1) is 5.31. The van der Waals surface area contributed by atoms with Crippen molar-refractivity contribution in [2.45, 2.75) is 13.8 Å². The Labute approximate surface area is 65.4 Å². The van der Waals surface area contributed by atoms with Crippen LogP contribution in [0.5, 0.6) is 0 Å². The number of carbonyl (C=O) groups excluding carboxylic acids is 1. The second-order valence-corrected chi connectivity index (χ2v) is 1.52. The summed E-state index contributed by atoms with van der Waals surface area (Å²) in [6.45, 7) is 4.38. The number of hydrogen-bond acceptors (Lipinski definition) is 4. The van der Waals surface area contributed by atoms with Crippen molar-refractivity contribution in [1.82, 2.24) is 5.43 Å². The Balaban J connectivity index is 3.29. The quantitative estimate of drug-likeness (QED) is 0.374. The number of rotatable bonds is 4. The van der Waals surface area contributed by atoms with Crippen LogP contribution in [-0.2, 0) is 9.47 Å². The van der Waals surface area contributed by atoms with Crippen molar-refractivity contribution >= 4 is 12.5 Å². The van der Waals surface area contributed by atoms with Gasteiger partial charge in [0.05, 0.1) is 13.2 Å². The van der Waals surface area contributed by atoms with E-state index in [4.69, 9.17) is 4.74 Å². The number of nitrogens with one attached hydrogen (secondary N) is 1. The van der Waals surface area contributed by atoms with E-state index in [1.165, 1.54) is 0 Å². The molecular weight excluding hydrogens is 148 g/mol. The highest BCUT2D eigenvalue weighted by Gasteiger charge is 1.93. The standard InChI is InChI=1S/C6H12N2O3/c1-3-10-5-7-8-6(9)11-4-2/h5H,3-4H2,1-2H3,(H,8,9)/b7-5-. The van der Waals surface area contributed by atoms with Crippen molar-refractivity contribution in [2.75, 3.05) is 13.2 Å². The van der Waals surface area contributed by atoms with Crippen LogP contribution in [0.25, 0.3) is 0 Å². The van der Waals surface area contributed by atoms with Crippen LogP contribution in [0.2, 0.25) is 0 Å². The molecule has 0 bridgehead atoms. The zero-order valence-electron chi connectivity index (χ0n) is 6.66. The summed E-state index contributed by atoms with van der Waals surface area (Å²) in [5.74, 6) is 0. The first-order valence-electron chi connectivity index (χ1n) is 3.37. The molecule has 0 saturated carbocycles. The number of amides is 1.